The maximum absolute atomic E-state index is 12.2. The molecule has 0 saturated carbocycles. The van der Waals surface area contributed by atoms with E-state index in [1.165, 1.54) is 0 Å². The van der Waals surface area contributed by atoms with Gasteiger partial charge in [0, 0.05) is 36.5 Å². The maximum Gasteiger partial charge on any atom is 0.163 e. The Morgan fingerprint density at radius 1 is 1.10 bits per heavy atom. The fourth-order valence-corrected chi connectivity index (χ4v) is 3.73. The van der Waals surface area contributed by atoms with E-state index in [1.54, 1.807) is 12.5 Å². The second-order valence-electron chi connectivity index (χ2n) is 6.83. The number of hydrogen-bond donors (Lipinski definition) is 1. The average molecular weight is 434 g/mol. The minimum absolute atomic E-state index is 0. The van der Waals surface area contributed by atoms with Gasteiger partial charge < -0.3 is 15.0 Å². The lowest BCUT2D eigenvalue weighted by atomic mass is 9.87. The fraction of sp³-hybridized carbons (Fsp3) is 0.273. The van der Waals surface area contributed by atoms with Gasteiger partial charge in [0.1, 0.15) is 11.9 Å². The maximum atomic E-state index is 12.2. The van der Waals surface area contributed by atoms with Gasteiger partial charge in [-0.05, 0) is 36.1 Å². The monoisotopic (exact) mass is 433 g/mol. The van der Waals surface area contributed by atoms with E-state index in [9.17, 15) is 4.79 Å². The number of ketones is 1. The van der Waals surface area contributed by atoms with Crippen LogP contribution < -0.4 is 10.5 Å². The van der Waals surface area contributed by atoms with Crippen LogP contribution in [0, 0.1) is 0 Å². The summed E-state index contributed by atoms with van der Waals surface area (Å²) in [6.45, 7) is 1.00. The topological polar surface area (TPSA) is 70.1 Å². The summed E-state index contributed by atoms with van der Waals surface area (Å²) < 4.78 is 8.46. The Morgan fingerprint density at radius 3 is 2.59 bits per heavy atom. The van der Waals surface area contributed by atoms with Gasteiger partial charge in [-0.25, -0.2) is 4.98 Å². The zero-order chi connectivity index (χ0) is 18.6. The number of carbonyl (C=O) groups excluding carboxylic acids is 1. The van der Waals surface area contributed by atoms with Crippen LogP contribution in [0.2, 0.25) is 0 Å². The summed E-state index contributed by atoms with van der Waals surface area (Å²) in [7, 11) is 0. The minimum atomic E-state index is -0.178. The first-order chi connectivity index (χ1) is 13.3. The van der Waals surface area contributed by atoms with Crippen LogP contribution in [-0.4, -0.2) is 15.3 Å². The zero-order valence-electron chi connectivity index (χ0n) is 16.0. The Morgan fingerprint density at radius 2 is 1.90 bits per heavy atom. The van der Waals surface area contributed by atoms with Crippen molar-refractivity contribution in [1.82, 2.24) is 9.55 Å². The van der Waals surface area contributed by atoms with Crippen molar-refractivity contribution in [1.29, 1.82) is 0 Å². The van der Waals surface area contributed by atoms with Gasteiger partial charge in [0.25, 0.3) is 0 Å². The number of Topliss-reactive ketones (excluding diaryl/α,β-unsaturated/α-hetero) is 1. The average Bonchev–Trinajstić information content (AvgIpc) is 3.21. The molecular weight excluding hydrogens is 409 g/mol. The Balaban J connectivity index is 0.00000150. The van der Waals surface area contributed by atoms with E-state index in [4.69, 9.17) is 10.5 Å². The van der Waals surface area contributed by atoms with E-state index in [0.29, 0.717) is 19.5 Å². The van der Waals surface area contributed by atoms with Crippen molar-refractivity contribution in [2.75, 3.05) is 0 Å². The molecule has 1 aromatic heterocycles. The number of aromatic nitrogens is 2. The highest BCUT2D eigenvalue weighted by Gasteiger charge is 2.23. The summed E-state index contributed by atoms with van der Waals surface area (Å²) in [5, 5.41) is 0. The first kappa shape index (κ1) is 22.9. The molecular formula is C22H25Cl2N3O2. The zero-order valence-corrected chi connectivity index (χ0v) is 17.6. The molecule has 0 aliphatic heterocycles. The molecule has 29 heavy (non-hydrogen) atoms. The van der Waals surface area contributed by atoms with Gasteiger partial charge in [0.2, 0.25) is 0 Å². The number of fused-ring (bicyclic) bond motifs is 1. The number of ether oxygens (including phenoxy) is 1. The van der Waals surface area contributed by atoms with Crippen LogP contribution in [0.5, 0.6) is 5.75 Å². The van der Waals surface area contributed by atoms with Crippen LogP contribution in [-0.2, 0) is 19.5 Å². The third kappa shape index (κ3) is 4.99. The Bertz CT molecular complexity index is 931. The predicted octanol–water partition coefficient (Wildman–Crippen LogP) is 4.52. The molecule has 0 radical (unpaired) electrons. The largest absolute Gasteiger partial charge is 0.484 e. The number of imidazole rings is 1. The van der Waals surface area contributed by atoms with Gasteiger partial charge in [-0.3, -0.25) is 4.79 Å². The van der Waals surface area contributed by atoms with Crippen LogP contribution in [0.3, 0.4) is 0 Å². The van der Waals surface area contributed by atoms with Crippen molar-refractivity contribution in [3.63, 3.8) is 0 Å². The SMILES string of the molecule is Cl.Cl.NCc1c(O[C@H](Cn2ccnc2)c2ccccc2)ccc2c1CCCC2=O. The summed E-state index contributed by atoms with van der Waals surface area (Å²) >= 11 is 0. The minimum Gasteiger partial charge on any atom is -0.484 e. The number of carbonyl (C=O) groups is 1. The second-order valence-corrected chi connectivity index (χ2v) is 6.83. The Kier molecular flexibility index (Phi) is 8.26. The first-order valence-electron chi connectivity index (χ1n) is 9.31. The molecule has 1 aliphatic carbocycles. The van der Waals surface area contributed by atoms with Crippen LogP contribution >= 0.6 is 24.8 Å². The molecule has 154 valence electrons. The molecule has 4 rings (SSSR count). The smallest absolute Gasteiger partial charge is 0.163 e. The number of benzene rings is 2. The summed E-state index contributed by atoms with van der Waals surface area (Å²) in [6.07, 6.45) is 7.66. The molecule has 3 aromatic rings. The van der Waals surface area contributed by atoms with E-state index in [-0.39, 0.29) is 36.7 Å². The van der Waals surface area contributed by atoms with E-state index in [1.807, 2.05) is 41.1 Å². The third-order valence-electron chi connectivity index (χ3n) is 5.10. The van der Waals surface area contributed by atoms with E-state index in [0.717, 1.165) is 40.8 Å². The van der Waals surface area contributed by atoms with E-state index >= 15 is 0 Å². The molecule has 1 aliphatic rings. The van der Waals surface area contributed by atoms with E-state index in [2.05, 4.69) is 17.1 Å². The van der Waals surface area contributed by atoms with Gasteiger partial charge in [-0.1, -0.05) is 30.3 Å². The molecule has 1 atom stereocenters. The molecule has 7 heteroatoms. The van der Waals surface area contributed by atoms with Crippen molar-refractivity contribution in [3.05, 3.63) is 83.4 Å². The van der Waals surface area contributed by atoms with Gasteiger partial charge in [-0.15, -0.1) is 24.8 Å². The lowest BCUT2D eigenvalue weighted by Crippen LogP contribution is -2.19. The normalized spacial score (nSPS) is 13.6. The summed E-state index contributed by atoms with van der Waals surface area (Å²) in [5.41, 5.74) is 9.96. The lowest BCUT2D eigenvalue weighted by Gasteiger charge is -2.25. The van der Waals surface area contributed by atoms with Crippen LogP contribution in [0.15, 0.2) is 61.2 Å². The summed E-state index contributed by atoms with van der Waals surface area (Å²) in [5.74, 6) is 0.968. The van der Waals surface area contributed by atoms with Crippen LogP contribution in [0.4, 0.5) is 0 Å². The Labute approximate surface area is 183 Å². The number of halogens is 2. The number of rotatable bonds is 6. The van der Waals surface area contributed by atoms with Gasteiger partial charge in [-0.2, -0.15) is 0 Å². The summed E-state index contributed by atoms with van der Waals surface area (Å²) in [6, 6.07) is 13.9. The number of nitrogens with two attached hydrogens (primary N) is 1. The predicted molar refractivity (Wildman–Crippen MR) is 118 cm³/mol. The highest BCUT2D eigenvalue weighted by Crippen LogP contribution is 2.34. The fourth-order valence-electron chi connectivity index (χ4n) is 3.73. The molecule has 0 fully saturated rings. The highest BCUT2D eigenvalue weighted by molar-refractivity contribution is 5.99. The molecule has 2 N–H and O–H groups in total. The Hall–Kier alpha value is -2.34. The van der Waals surface area contributed by atoms with Crippen molar-refractivity contribution >= 4 is 30.6 Å². The van der Waals surface area contributed by atoms with Gasteiger partial charge in [0.05, 0.1) is 12.9 Å². The lowest BCUT2D eigenvalue weighted by molar-refractivity contribution is 0.0972. The van der Waals surface area contributed by atoms with Crippen molar-refractivity contribution in [2.45, 2.75) is 38.5 Å². The molecule has 0 unspecified atom stereocenters. The molecule has 0 amide bonds. The summed E-state index contributed by atoms with van der Waals surface area (Å²) in [4.78, 5) is 16.4. The van der Waals surface area contributed by atoms with Crippen molar-refractivity contribution in [2.24, 2.45) is 5.73 Å². The van der Waals surface area contributed by atoms with Crippen LogP contribution in [0.25, 0.3) is 0 Å². The van der Waals surface area contributed by atoms with Gasteiger partial charge in [0.15, 0.2) is 5.78 Å². The first-order valence-corrected chi connectivity index (χ1v) is 9.31. The van der Waals surface area contributed by atoms with E-state index < -0.39 is 0 Å². The second kappa shape index (κ2) is 10.4. The molecule has 0 spiro atoms. The quantitative estimate of drug-likeness (QED) is 0.619. The third-order valence-corrected chi connectivity index (χ3v) is 5.10. The number of hydrogen-bond acceptors (Lipinski definition) is 4. The molecule has 0 saturated heterocycles. The molecule has 0 bridgehead atoms. The standard InChI is InChI=1S/C22H23N3O2.2ClH/c23-13-19-17-7-4-8-20(26)18(17)9-10-21(19)27-22(14-25-12-11-24-15-25)16-5-2-1-3-6-16;;/h1-3,5-6,9-12,15,22H,4,7-8,13-14,23H2;2*1H/t22-;;/m1../s1. The highest BCUT2D eigenvalue weighted by atomic mass is 35.5. The molecule has 1 heterocycles. The van der Waals surface area contributed by atoms with Crippen molar-refractivity contribution < 1.29 is 9.53 Å². The molecule has 2 aromatic carbocycles. The van der Waals surface area contributed by atoms with Gasteiger partial charge >= 0.3 is 0 Å². The molecule has 5 nitrogen and oxygen atoms in total. The number of nitrogens with zero attached hydrogens (tertiary/aromatic N) is 2. The van der Waals surface area contributed by atoms with Crippen LogP contribution in [0.1, 0.15) is 46.0 Å². The van der Waals surface area contributed by atoms with Crippen molar-refractivity contribution in [3.8, 4) is 5.75 Å².